The highest BCUT2D eigenvalue weighted by Gasteiger charge is 2.14. The highest BCUT2D eigenvalue weighted by Crippen LogP contribution is 2.30. The topological polar surface area (TPSA) is 56.2 Å². The fraction of sp³-hybridized carbons (Fsp3) is 0.467. The van der Waals surface area contributed by atoms with Crippen LogP contribution in [-0.4, -0.2) is 21.1 Å². The van der Waals surface area contributed by atoms with Gasteiger partial charge in [0.25, 0.3) is 0 Å². The molecule has 3 rings (SSSR count). The van der Waals surface area contributed by atoms with E-state index < -0.39 is 0 Å². The number of benzene rings is 1. The summed E-state index contributed by atoms with van der Waals surface area (Å²) >= 11 is 1.72. The maximum atomic E-state index is 5.54. The van der Waals surface area contributed by atoms with Crippen LogP contribution in [0.3, 0.4) is 0 Å². The Morgan fingerprint density at radius 3 is 2.80 bits per heavy atom. The molecule has 0 spiro atoms. The van der Waals surface area contributed by atoms with Crippen LogP contribution in [0, 0.1) is 13.8 Å². The third-order valence-corrected chi connectivity index (χ3v) is 4.62. The number of hydrogen-bond acceptors (Lipinski definition) is 4. The highest BCUT2D eigenvalue weighted by atomic mass is 32.1. The van der Waals surface area contributed by atoms with Gasteiger partial charge in [0.1, 0.15) is 5.82 Å². The van der Waals surface area contributed by atoms with E-state index in [1.165, 1.54) is 21.3 Å². The minimum absolute atomic E-state index is 0.773. The average Bonchev–Trinajstić information content (AvgIpc) is 2.93. The Bertz CT molecular complexity index is 741. The first-order chi connectivity index (χ1) is 9.70. The molecule has 0 radical (unpaired) electrons. The predicted octanol–water partition coefficient (Wildman–Crippen LogP) is 3.23. The van der Waals surface area contributed by atoms with Crippen molar-refractivity contribution in [3.05, 3.63) is 29.1 Å². The minimum atomic E-state index is 0.773. The van der Waals surface area contributed by atoms with Gasteiger partial charge < -0.3 is 5.73 Å². The summed E-state index contributed by atoms with van der Waals surface area (Å²) < 4.78 is 3.53. The fourth-order valence-electron chi connectivity index (χ4n) is 2.74. The van der Waals surface area contributed by atoms with Crippen molar-refractivity contribution in [2.45, 2.75) is 39.5 Å². The van der Waals surface area contributed by atoms with Gasteiger partial charge in [-0.25, -0.2) is 0 Å². The molecule has 0 aliphatic heterocycles. The lowest BCUT2D eigenvalue weighted by Crippen LogP contribution is -2.00. The molecule has 0 fully saturated rings. The van der Waals surface area contributed by atoms with E-state index in [0.717, 1.165) is 43.0 Å². The number of aryl methyl sites for hydroxylation is 3. The normalized spacial score (nSPS) is 11.8. The molecule has 0 saturated heterocycles. The summed E-state index contributed by atoms with van der Waals surface area (Å²) in [5.41, 5.74) is 9.41. The molecule has 0 aliphatic carbocycles. The molecule has 3 aromatic rings. The van der Waals surface area contributed by atoms with Crippen LogP contribution >= 0.6 is 11.3 Å². The van der Waals surface area contributed by atoms with Crippen LogP contribution in [0.25, 0.3) is 15.2 Å². The summed E-state index contributed by atoms with van der Waals surface area (Å²) in [5.74, 6) is 1.08. The van der Waals surface area contributed by atoms with Gasteiger partial charge in [0.15, 0.2) is 0 Å². The standard InChI is InChI=1S/C15H20N4S/c1-10-8-11(2)14-12(9-10)20-15-18-17-13(19(14)15)6-4-3-5-7-16/h8-9H,3-7,16H2,1-2H3. The first-order valence-corrected chi connectivity index (χ1v) is 7.96. The van der Waals surface area contributed by atoms with E-state index in [1.54, 1.807) is 11.3 Å². The second kappa shape index (κ2) is 5.50. The average molecular weight is 288 g/mol. The molecule has 0 saturated carbocycles. The smallest absolute Gasteiger partial charge is 0.217 e. The SMILES string of the molecule is Cc1cc(C)c2c(c1)sc1nnc(CCCCCN)n12. The molecule has 2 aromatic heterocycles. The fourth-order valence-corrected chi connectivity index (χ4v) is 3.90. The van der Waals surface area contributed by atoms with Crippen molar-refractivity contribution in [2.24, 2.45) is 5.73 Å². The van der Waals surface area contributed by atoms with Gasteiger partial charge in [0.05, 0.1) is 10.2 Å². The van der Waals surface area contributed by atoms with Gasteiger partial charge in [-0.05, 0) is 50.4 Å². The zero-order valence-electron chi connectivity index (χ0n) is 12.0. The monoisotopic (exact) mass is 288 g/mol. The highest BCUT2D eigenvalue weighted by molar-refractivity contribution is 7.23. The Morgan fingerprint density at radius 1 is 1.15 bits per heavy atom. The molecule has 5 heteroatoms. The molecule has 0 bridgehead atoms. The van der Waals surface area contributed by atoms with Crippen molar-refractivity contribution in [1.82, 2.24) is 14.6 Å². The lowest BCUT2D eigenvalue weighted by atomic mass is 10.1. The van der Waals surface area contributed by atoms with E-state index in [2.05, 4.69) is 40.6 Å². The Labute approximate surface area is 122 Å². The van der Waals surface area contributed by atoms with Gasteiger partial charge in [-0.2, -0.15) is 0 Å². The van der Waals surface area contributed by atoms with Crippen LogP contribution in [-0.2, 0) is 6.42 Å². The van der Waals surface area contributed by atoms with Crippen molar-refractivity contribution in [3.63, 3.8) is 0 Å². The van der Waals surface area contributed by atoms with E-state index in [0.29, 0.717) is 0 Å². The molecular formula is C15H20N4S. The third kappa shape index (κ3) is 2.31. The van der Waals surface area contributed by atoms with Crippen LogP contribution < -0.4 is 5.73 Å². The van der Waals surface area contributed by atoms with Crippen molar-refractivity contribution in [2.75, 3.05) is 6.54 Å². The van der Waals surface area contributed by atoms with Crippen LogP contribution in [0.1, 0.15) is 36.2 Å². The van der Waals surface area contributed by atoms with E-state index in [1.807, 2.05) is 0 Å². The summed E-state index contributed by atoms with van der Waals surface area (Å²) in [5, 5.41) is 8.69. The van der Waals surface area contributed by atoms with Crippen LogP contribution in [0.4, 0.5) is 0 Å². The maximum Gasteiger partial charge on any atom is 0.217 e. The second-order valence-electron chi connectivity index (χ2n) is 5.36. The van der Waals surface area contributed by atoms with Crippen molar-refractivity contribution < 1.29 is 0 Å². The number of thiazole rings is 1. The summed E-state index contributed by atoms with van der Waals surface area (Å²) in [6, 6.07) is 4.46. The quantitative estimate of drug-likeness (QED) is 0.733. The van der Waals surface area contributed by atoms with E-state index in [4.69, 9.17) is 5.73 Å². The largest absolute Gasteiger partial charge is 0.330 e. The van der Waals surface area contributed by atoms with Crippen LogP contribution in [0.5, 0.6) is 0 Å². The number of nitrogens with two attached hydrogens (primary N) is 1. The van der Waals surface area contributed by atoms with E-state index in [-0.39, 0.29) is 0 Å². The molecule has 0 aliphatic rings. The van der Waals surface area contributed by atoms with Crippen molar-refractivity contribution >= 4 is 26.5 Å². The zero-order chi connectivity index (χ0) is 14.1. The number of fused-ring (bicyclic) bond motifs is 3. The molecule has 20 heavy (non-hydrogen) atoms. The first-order valence-electron chi connectivity index (χ1n) is 7.14. The third-order valence-electron chi connectivity index (χ3n) is 3.64. The predicted molar refractivity (Wildman–Crippen MR) is 84.5 cm³/mol. The van der Waals surface area contributed by atoms with Crippen LogP contribution in [0.2, 0.25) is 0 Å². The van der Waals surface area contributed by atoms with Gasteiger partial charge in [0.2, 0.25) is 4.96 Å². The Morgan fingerprint density at radius 2 is 2.00 bits per heavy atom. The molecule has 0 unspecified atom stereocenters. The molecule has 0 amide bonds. The van der Waals surface area contributed by atoms with Gasteiger partial charge in [-0.15, -0.1) is 10.2 Å². The van der Waals surface area contributed by atoms with E-state index >= 15 is 0 Å². The molecule has 2 N–H and O–H groups in total. The van der Waals surface area contributed by atoms with E-state index in [9.17, 15) is 0 Å². The summed E-state index contributed by atoms with van der Waals surface area (Å²) in [4.78, 5) is 1.00. The van der Waals surface area contributed by atoms with Crippen molar-refractivity contribution in [3.8, 4) is 0 Å². The second-order valence-corrected chi connectivity index (χ2v) is 6.37. The summed E-state index contributed by atoms with van der Waals surface area (Å²) in [6.45, 7) is 5.08. The number of aromatic nitrogens is 3. The van der Waals surface area contributed by atoms with Gasteiger partial charge in [0, 0.05) is 6.42 Å². The number of nitrogens with zero attached hydrogens (tertiary/aromatic N) is 3. The Balaban J connectivity index is 2.01. The lowest BCUT2D eigenvalue weighted by molar-refractivity contribution is 0.667. The molecule has 1 aromatic carbocycles. The maximum absolute atomic E-state index is 5.54. The first kappa shape index (κ1) is 13.5. The lowest BCUT2D eigenvalue weighted by Gasteiger charge is -2.03. The number of rotatable bonds is 5. The van der Waals surface area contributed by atoms with Crippen LogP contribution in [0.15, 0.2) is 12.1 Å². The van der Waals surface area contributed by atoms with Gasteiger partial charge in [-0.3, -0.25) is 4.40 Å². The Hall–Kier alpha value is -1.46. The Kier molecular flexibility index (Phi) is 3.72. The molecule has 2 heterocycles. The molecule has 4 nitrogen and oxygen atoms in total. The van der Waals surface area contributed by atoms with Crippen molar-refractivity contribution in [1.29, 1.82) is 0 Å². The van der Waals surface area contributed by atoms with Gasteiger partial charge in [-0.1, -0.05) is 23.8 Å². The number of unbranched alkanes of at least 4 members (excludes halogenated alkanes) is 2. The molecular weight excluding hydrogens is 268 g/mol. The molecule has 0 atom stereocenters. The summed E-state index contributed by atoms with van der Waals surface area (Å²) in [7, 11) is 0. The summed E-state index contributed by atoms with van der Waals surface area (Å²) in [6.07, 6.45) is 4.34. The number of hydrogen-bond donors (Lipinski definition) is 1. The minimum Gasteiger partial charge on any atom is -0.330 e. The molecule has 106 valence electrons. The zero-order valence-corrected chi connectivity index (χ0v) is 12.8. The van der Waals surface area contributed by atoms with Gasteiger partial charge >= 0.3 is 0 Å².